The summed E-state index contributed by atoms with van der Waals surface area (Å²) in [7, 11) is 1.76. The van der Waals surface area contributed by atoms with Gasteiger partial charge in [-0.1, -0.05) is 0 Å². The molecule has 1 saturated heterocycles. The highest BCUT2D eigenvalue weighted by Crippen LogP contribution is 2.00. The normalized spacial score (nSPS) is 18.7. The van der Waals surface area contributed by atoms with Crippen LogP contribution in [0.15, 0.2) is 0 Å². The first-order valence-electron chi connectivity index (χ1n) is 4.47. The molecule has 1 heterocycles. The van der Waals surface area contributed by atoms with Gasteiger partial charge in [0.15, 0.2) is 6.10 Å². The van der Waals surface area contributed by atoms with E-state index in [0.717, 1.165) is 0 Å². The lowest BCUT2D eigenvalue weighted by Crippen LogP contribution is -2.23. The number of carbonyl (C=O) groups is 2. The monoisotopic (exact) mass is 238 g/mol. The maximum Gasteiger partial charge on any atom is 0.407 e. The van der Waals surface area contributed by atoms with Crippen LogP contribution < -0.4 is 10.6 Å². The Morgan fingerprint density at radius 2 is 2.47 bits per heavy atom. The van der Waals surface area contributed by atoms with E-state index < -0.39 is 6.09 Å². The summed E-state index contributed by atoms with van der Waals surface area (Å²) in [4.78, 5) is 21.6. The summed E-state index contributed by atoms with van der Waals surface area (Å²) < 4.78 is 9.65. The number of nitrogens with one attached hydrogen (secondary N) is 2. The van der Waals surface area contributed by atoms with E-state index >= 15 is 0 Å². The molecule has 0 unspecified atom stereocenters. The molecule has 1 rings (SSSR count). The molecule has 88 valence electrons. The Labute approximate surface area is 94.1 Å². The van der Waals surface area contributed by atoms with Gasteiger partial charge in [0.2, 0.25) is 0 Å². The number of esters is 1. The van der Waals surface area contributed by atoms with Crippen molar-refractivity contribution in [1.82, 2.24) is 10.6 Å². The average molecular weight is 239 g/mol. The predicted octanol–water partition coefficient (Wildman–Crippen LogP) is -0.331. The highest BCUT2D eigenvalue weighted by atomic mass is 35.5. The molecule has 1 fully saturated rings. The van der Waals surface area contributed by atoms with Crippen molar-refractivity contribution in [1.29, 1.82) is 0 Å². The summed E-state index contributed by atoms with van der Waals surface area (Å²) in [5.41, 5.74) is 0. The summed E-state index contributed by atoms with van der Waals surface area (Å²) in [5.74, 6) is -0.290. The molecule has 0 aliphatic carbocycles. The summed E-state index contributed by atoms with van der Waals surface area (Å²) in [6.45, 7) is 1.11. The van der Waals surface area contributed by atoms with Crippen LogP contribution in [0.25, 0.3) is 0 Å². The maximum atomic E-state index is 11.0. The van der Waals surface area contributed by atoms with Crippen molar-refractivity contribution in [2.75, 3.05) is 26.7 Å². The molecule has 7 heteroatoms. The van der Waals surface area contributed by atoms with Gasteiger partial charge in [-0.15, -0.1) is 12.4 Å². The van der Waals surface area contributed by atoms with Gasteiger partial charge in [0.1, 0.15) is 6.61 Å². The number of alkyl carbamates (subject to hydrolysis) is 1. The molecule has 0 aromatic rings. The molecular formula is C8H15ClN2O4. The molecule has 1 amide bonds. The third kappa shape index (κ3) is 5.44. The van der Waals surface area contributed by atoms with Crippen LogP contribution >= 0.6 is 12.4 Å². The molecule has 2 N–H and O–H groups in total. The molecule has 0 aromatic heterocycles. The Morgan fingerprint density at radius 3 is 3.00 bits per heavy atom. The Kier molecular flexibility index (Phi) is 6.81. The molecule has 1 aliphatic rings. The van der Waals surface area contributed by atoms with Crippen molar-refractivity contribution < 1.29 is 19.1 Å². The third-order valence-electron chi connectivity index (χ3n) is 1.76. The summed E-state index contributed by atoms with van der Waals surface area (Å²) in [6, 6.07) is 0. The van der Waals surface area contributed by atoms with E-state index in [1.54, 1.807) is 7.05 Å². The van der Waals surface area contributed by atoms with Gasteiger partial charge in [-0.3, -0.25) is 4.79 Å². The topological polar surface area (TPSA) is 76.7 Å². The van der Waals surface area contributed by atoms with Gasteiger partial charge in [0.05, 0.1) is 13.0 Å². The number of ether oxygens (including phenoxy) is 2. The van der Waals surface area contributed by atoms with E-state index in [1.807, 2.05) is 0 Å². The summed E-state index contributed by atoms with van der Waals surface area (Å²) >= 11 is 0. The van der Waals surface area contributed by atoms with Crippen LogP contribution in [0.2, 0.25) is 0 Å². The second kappa shape index (κ2) is 7.30. The lowest BCUT2D eigenvalue weighted by atomic mass is 10.4. The van der Waals surface area contributed by atoms with Crippen LogP contribution in [-0.4, -0.2) is 44.9 Å². The Morgan fingerprint density at radius 1 is 1.73 bits per heavy atom. The van der Waals surface area contributed by atoms with E-state index in [4.69, 9.17) is 9.47 Å². The number of rotatable bonds is 5. The highest BCUT2D eigenvalue weighted by Gasteiger charge is 2.23. The Balaban J connectivity index is 0.00000196. The van der Waals surface area contributed by atoms with Gasteiger partial charge in [-0.25, -0.2) is 4.79 Å². The van der Waals surface area contributed by atoms with Crippen LogP contribution in [0.5, 0.6) is 0 Å². The Hall–Kier alpha value is -1.01. The molecule has 0 saturated carbocycles. The summed E-state index contributed by atoms with van der Waals surface area (Å²) in [6.07, 6.45) is -0.479. The van der Waals surface area contributed by atoms with Gasteiger partial charge < -0.3 is 20.1 Å². The van der Waals surface area contributed by atoms with E-state index in [9.17, 15) is 9.59 Å². The lowest BCUT2D eigenvalue weighted by molar-refractivity contribution is -0.145. The molecule has 15 heavy (non-hydrogen) atoms. The van der Waals surface area contributed by atoms with Crippen molar-refractivity contribution in [3.05, 3.63) is 0 Å². The molecule has 1 atom stereocenters. The zero-order valence-corrected chi connectivity index (χ0v) is 9.26. The number of cyclic esters (lactones) is 1. The second-order valence-corrected chi connectivity index (χ2v) is 2.94. The van der Waals surface area contributed by atoms with Crippen LogP contribution in [0, 0.1) is 0 Å². The van der Waals surface area contributed by atoms with E-state index in [1.165, 1.54) is 0 Å². The minimum atomic E-state index is -0.457. The molecule has 0 radical (unpaired) electrons. The van der Waals surface area contributed by atoms with Crippen LogP contribution in [0.4, 0.5) is 4.79 Å². The zero-order chi connectivity index (χ0) is 10.4. The van der Waals surface area contributed by atoms with Gasteiger partial charge in [0.25, 0.3) is 0 Å². The summed E-state index contributed by atoms with van der Waals surface area (Å²) in [5, 5.41) is 5.31. The van der Waals surface area contributed by atoms with Crippen molar-refractivity contribution >= 4 is 24.5 Å². The minimum absolute atomic E-state index is 0. The van der Waals surface area contributed by atoms with Crippen molar-refractivity contribution in [3.8, 4) is 0 Å². The van der Waals surface area contributed by atoms with Crippen LogP contribution in [0.1, 0.15) is 6.42 Å². The van der Waals surface area contributed by atoms with Crippen molar-refractivity contribution in [2.24, 2.45) is 0 Å². The van der Waals surface area contributed by atoms with Gasteiger partial charge >= 0.3 is 12.1 Å². The van der Waals surface area contributed by atoms with Gasteiger partial charge in [0, 0.05) is 6.54 Å². The Bertz CT molecular complexity index is 225. The molecule has 6 nitrogen and oxygen atoms in total. The van der Waals surface area contributed by atoms with E-state index in [2.05, 4.69) is 10.6 Å². The SMILES string of the molecule is CNCCC(=O)OC[C@H]1CNC(=O)O1.Cl. The third-order valence-corrected chi connectivity index (χ3v) is 1.76. The highest BCUT2D eigenvalue weighted by molar-refractivity contribution is 5.85. The molecule has 0 spiro atoms. The standard InChI is InChI=1S/C8H14N2O4.ClH/c1-9-3-2-7(11)13-5-6-4-10-8(12)14-6;/h6,9H,2-5H2,1H3,(H,10,12);1H/t6-;/m1./s1. The fourth-order valence-electron chi connectivity index (χ4n) is 1.01. The number of amides is 1. The van der Waals surface area contributed by atoms with Crippen LogP contribution in [-0.2, 0) is 14.3 Å². The lowest BCUT2D eigenvalue weighted by Gasteiger charge is -2.08. The average Bonchev–Trinajstić information content (AvgIpc) is 2.58. The predicted molar refractivity (Wildman–Crippen MR) is 55.0 cm³/mol. The first-order valence-corrected chi connectivity index (χ1v) is 4.47. The molecular weight excluding hydrogens is 224 g/mol. The fraction of sp³-hybridized carbons (Fsp3) is 0.750. The van der Waals surface area contributed by atoms with Gasteiger partial charge in [-0.05, 0) is 7.05 Å². The second-order valence-electron chi connectivity index (χ2n) is 2.94. The first kappa shape index (κ1) is 14.0. The number of hydrogen-bond acceptors (Lipinski definition) is 5. The molecule has 0 aromatic carbocycles. The fourth-order valence-corrected chi connectivity index (χ4v) is 1.01. The minimum Gasteiger partial charge on any atom is -0.462 e. The van der Waals surface area contributed by atoms with Gasteiger partial charge in [-0.2, -0.15) is 0 Å². The number of carbonyl (C=O) groups excluding carboxylic acids is 2. The van der Waals surface area contributed by atoms with Crippen LogP contribution in [0.3, 0.4) is 0 Å². The largest absolute Gasteiger partial charge is 0.462 e. The number of hydrogen-bond donors (Lipinski definition) is 2. The van der Waals surface area contributed by atoms with E-state index in [0.29, 0.717) is 19.5 Å². The first-order chi connectivity index (χ1) is 6.72. The molecule has 0 bridgehead atoms. The quantitative estimate of drug-likeness (QED) is 0.642. The number of halogens is 1. The zero-order valence-electron chi connectivity index (χ0n) is 8.45. The maximum absolute atomic E-state index is 11.0. The smallest absolute Gasteiger partial charge is 0.407 e. The van der Waals surface area contributed by atoms with E-state index in [-0.39, 0.29) is 31.1 Å². The van der Waals surface area contributed by atoms with Crippen molar-refractivity contribution in [3.63, 3.8) is 0 Å². The molecule has 1 aliphatic heterocycles. The van der Waals surface area contributed by atoms with Crippen molar-refractivity contribution in [2.45, 2.75) is 12.5 Å².